The van der Waals surface area contributed by atoms with Gasteiger partial charge in [-0.2, -0.15) is 0 Å². The van der Waals surface area contributed by atoms with Crippen molar-refractivity contribution in [3.63, 3.8) is 0 Å². The van der Waals surface area contributed by atoms with Crippen LogP contribution in [0.25, 0.3) is 11.2 Å². The summed E-state index contributed by atoms with van der Waals surface area (Å²) in [7, 11) is 0. The van der Waals surface area contributed by atoms with Crippen LogP contribution in [-0.2, 0) is 0 Å². The predicted molar refractivity (Wildman–Crippen MR) is 87.3 cm³/mol. The molecule has 23 heavy (non-hydrogen) atoms. The first-order chi connectivity index (χ1) is 11.1. The zero-order chi connectivity index (χ0) is 16.4. The SMILES string of the molecule is CCC(O)[C@H](CN1CCC(F)C1)[C@H](CC)c1ccc2ooc2c1. The summed E-state index contributed by atoms with van der Waals surface area (Å²) in [6.07, 6.45) is 1.13. The summed E-state index contributed by atoms with van der Waals surface area (Å²) < 4.78 is 23.4. The first kappa shape index (κ1) is 16.5. The minimum atomic E-state index is -0.725. The molecule has 1 aliphatic heterocycles. The van der Waals surface area contributed by atoms with Gasteiger partial charge in [-0.15, -0.1) is 0 Å². The highest BCUT2D eigenvalue weighted by Crippen LogP contribution is 2.35. The van der Waals surface area contributed by atoms with Gasteiger partial charge in [0.05, 0.1) is 6.10 Å². The number of alkyl halides is 1. The highest BCUT2D eigenvalue weighted by molar-refractivity contribution is 5.71. The second-order valence-electron chi connectivity index (χ2n) is 6.67. The van der Waals surface area contributed by atoms with Crippen LogP contribution in [-0.4, -0.2) is 41.9 Å². The fourth-order valence-corrected chi connectivity index (χ4v) is 3.80. The molecule has 0 radical (unpaired) electrons. The number of aliphatic hydroxyl groups excluding tert-OH is 1. The maximum atomic E-state index is 13.5. The lowest BCUT2D eigenvalue weighted by atomic mass is 9.79. The first-order valence-electron chi connectivity index (χ1n) is 8.65. The highest BCUT2D eigenvalue weighted by atomic mass is 19.1. The lowest BCUT2D eigenvalue weighted by Gasteiger charge is -2.33. The van der Waals surface area contributed by atoms with Gasteiger partial charge in [-0.1, -0.05) is 19.9 Å². The molecule has 3 rings (SSSR count). The second-order valence-corrected chi connectivity index (χ2v) is 6.67. The molecule has 0 saturated carbocycles. The average Bonchev–Trinajstić information content (AvgIpc) is 2.93. The third kappa shape index (κ3) is 3.45. The van der Waals surface area contributed by atoms with E-state index in [0.29, 0.717) is 19.4 Å². The van der Waals surface area contributed by atoms with Gasteiger partial charge >= 0.3 is 0 Å². The average molecular weight is 323 g/mol. The smallest absolute Gasteiger partial charge is 0.225 e. The minimum absolute atomic E-state index is 0.0920. The van der Waals surface area contributed by atoms with Gasteiger partial charge in [0.25, 0.3) is 0 Å². The number of aliphatic hydroxyl groups is 1. The van der Waals surface area contributed by atoms with Gasteiger partial charge in [-0.25, -0.2) is 4.39 Å². The zero-order valence-corrected chi connectivity index (χ0v) is 13.9. The van der Waals surface area contributed by atoms with E-state index >= 15 is 0 Å². The molecule has 128 valence electrons. The van der Waals surface area contributed by atoms with Gasteiger partial charge in [0.15, 0.2) is 0 Å². The Morgan fingerprint density at radius 3 is 2.57 bits per heavy atom. The van der Waals surface area contributed by atoms with Crippen LogP contribution in [0.2, 0.25) is 0 Å². The summed E-state index contributed by atoms with van der Waals surface area (Å²) in [5.41, 5.74) is 2.68. The predicted octanol–water partition coefficient (Wildman–Crippen LogP) is 3.95. The Labute approximate surface area is 136 Å². The molecule has 1 aromatic heterocycles. The van der Waals surface area contributed by atoms with E-state index in [4.69, 9.17) is 9.15 Å². The van der Waals surface area contributed by atoms with E-state index in [1.54, 1.807) is 0 Å². The second kappa shape index (κ2) is 7.05. The summed E-state index contributed by atoms with van der Waals surface area (Å²) in [6, 6.07) is 5.97. The van der Waals surface area contributed by atoms with Gasteiger partial charge in [0.1, 0.15) is 6.17 Å². The van der Waals surface area contributed by atoms with Crippen molar-refractivity contribution in [3.8, 4) is 0 Å². The standard InChI is InChI=1S/C18H26FNO3/c1-3-14(12-5-6-17-18(9-12)23-22-17)15(16(21)4-2)11-20-8-7-13(19)10-20/h5-6,9,13-16,21H,3-4,7-8,10-11H2,1-2H3/t13?,14-,15-,16?/m1/s1. The third-order valence-corrected chi connectivity index (χ3v) is 5.17. The quantitative estimate of drug-likeness (QED) is 0.784. The van der Waals surface area contributed by atoms with Crippen LogP contribution in [0, 0.1) is 5.92 Å². The van der Waals surface area contributed by atoms with Crippen LogP contribution in [0.1, 0.15) is 44.6 Å². The molecule has 1 fully saturated rings. The molecule has 1 saturated heterocycles. The van der Waals surface area contributed by atoms with Crippen LogP contribution in [0.5, 0.6) is 0 Å². The number of hydrogen-bond acceptors (Lipinski definition) is 4. The van der Waals surface area contributed by atoms with Crippen LogP contribution >= 0.6 is 0 Å². The highest BCUT2D eigenvalue weighted by Gasteiger charge is 2.32. The monoisotopic (exact) mass is 323 g/mol. The lowest BCUT2D eigenvalue weighted by Crippen LogP contribution is -2.37. The van der Waals surface area contributed by atoms with E-state index in [1.807, 2.05) is 25.1 Å². The van der Waals surface area contributed by atoms with Crippen LogP contribution < -0.4 is 0 Å². The molecule has 0 spiro atoms. The number of nitrogens with zero attached hydrogens (tertiary/aromatic N) is 1. The van der Waals surface area contributed by atoms with Crippen molar-refractivity contribution in [2.45, 2.75) is 51.3 Å². The van der Waals surface area contributed by atoms with E-state index in [9.17, 15) is 9.50 Å². The topological polar surface area (TPSA) is 49.8 Å². The largest absolute Gasteiger partial charge is 0.393 e. The summed E-state index contributed by atoms with van der Waals surface area (Å²) >= 11 is 0. The van der Waals surface area contributed by atoms with Gasteiger partial charge in [0, 0.05) is 25.6 Å². The molecule has 0 amide bonds. The Morgan fingerprint density at radius 2 is 2.04 bits per heavy atom. The van der Waals surface area contributed by atoms with Gasteiger partial charge in [0.2, 0.25) is 11.2 Å². The molecule has 2 heterocycles. The summed E-state index contributed by atoms with van der Waals surface area (Å²) in [4.78, 5) is 2.15. The summed E-state index contributed by atoms with van der Waals surface area (Å²) in [5, 5.41) is 10.6. The third-order valence-electron chi connectivity index (χ3n) is 5.17. The Bertz CT molecular complexity index is 623. The molecule has 1 aliphatic rings. The molecule has 2 unspecified atom stereocenters. The number of likely N-dealkylation sites (tertiary alicyclic amines) is 1. The molecule has 4 atom stereocenters. The Balaban J connectivity index is 1.81. The van der Waals surface area contributed by atoms with Gasteiger partial charge < -0.3 is 5.11 Å². The molecule has 2 aromatic rings. The fourth-order valence-electron chi connectivity index (χ4n) is 3.80. The van der Waals surface area contributed by atoms with Crippen molar-refractivity contribution in [2.75, 3.05) is 19.6 Å². The van der Waals surface area contributed by atoms with E-state index in [-0.39, 0.29) is 17.9 Å². The molecule has 1 N–H and O–H groups in total. The molecule has 1 aromatic carbocycles. The number of hydrogen-bond donors (Lipinski definition) is 1. The van der Waals surface area contributed by atoms with E-state index in [2.05, 4.69) is 11.8 Å². The summed E-state index contributed by atoms with van der Waals surface area (Å²) in [5.74, 6) is 0.312. The Morgan fingerprint density at radius 1 is 1.26 bits per heavy atom. The molecular weight excluding hydrogens is 297 g/mol. The number of halogens is 1. The van der Waals surface area contributed by atoms with Crippen LogP contribution in [0.4, 0.5) is 4.39 Å². The minimum Gasteiger partial charge on any atom is -0.393 e. The van der Waals surface area contributed by atoms with Crippen molar-refractivity contribution in [1.82, 2.24) is 4.90 Å². The fraction of sp³-hybridized carbons (Fsp3) is 0.667. The van der Waals surface area contributed by atoms with Crippen molar-refractivity contribution < 1.29 is 18.6 Å². The Hall–Kier alpha value is -1.33. The molecule has 5 heteroatoms. The Kier molecular flexibility index (Phi) is 5.07. The van der Waals surface area contributed by atoms with E-state index in [1.165, 1.54) is 0 Å². The van der Waals surface area contributed by atoms with Crippen molar-refractivity contribution in [1.29, 1.82) is 0 Å². The zero-order valence-electron chi connectivity index (χ0n) is 13.9. The summed E-state index contributed by atoms with van der Waals surface area (Å²) in [6.45, 7) is 6.15. The number of benzene rings is 1. The van der Waals surface area contributed by atoms with Crippen LogP contribution in [0.15, 0.2) is 27.4 Å². The van der Waals surface area contributed by atoms with Crippen molar-refractivity contribution in [2.24, 2.45) is 5.92 Å². The maximum Gasteiger partial charge on any atom is 0.225 e. The molecule has 0 bridgehead atoms. The van der Waals surface area contributed by atoms with Gasteiger partial charge in [-0.3, -0.25) is 14.1 Å². The molecule has 4 nitrogen and oxygen atoms in total. The maximum absolute atomic E-state index is 13.5. The molecular formula is C18H26FNO3. The van der Waals surface area contributed by atoms with E-state index < -0.39 is 6.17 Å². The lowest BCUT2D eigenvalue weighted by molar-refractivity contribution is 0.0571. The number of fused-ring (bicyclic) bond motifs is 1. The van der Waals surface area contributed by atoms with E-state index in [0.717, 1.165) is 36.2 Å². The molecule has 0 aliphatic carbocycles. The van der Waals surface area contributed by atoms with Crippen LogP contribution in [0.3, 0.4) is 0 Å². The van der Waals surface area contributed by atoms with Crippen molar-refractivity contribution in [3.05, 3.63) is 23.8 Å². The van der Waals surface area contributed by atoms with Crippen molar-refractivity contribution >= 4 is 11.2 Å². The van der Waals surface area contributed by atoms with Gasteiger partial charge in [-0.05, 0) is 42.9 Å². The number of rotatable bonds is 7. The normalized spacial score (nSPS) is 23.4. The first-order valence-corrected chi connectivity index (χ1v) is 8.65.